The Hall–Kier alpha value is 0.0300. The standard InChI is InChI=1S/C9H18N2O2S.ClH/c1-7-5-11(3-4-14-7)9(12)8(10)6-13-2;/h7-8H,3-6,10H2,1-2H3;1H. The van der Waals surface area contributed by atoms with Gasteiger partial charge in [-0.2, -0.15) is 11.8 Å². The maximum atomic E-state index is 11.7. The van der Waals surface area contributed by atoms with Gasteiger partial charge in [-0.25, -0.2) is 0 Å². The lowest BCUT2D eigenvalue weighted by atomic mass is 10.2. The van der Waals surface area contributed by atoms with E-state index in [-0.39, 0.29) is 18.3 Å². The maximum Gasteiger partial charge on any atom is 0.241 e. The second-order valence-corrected chi connectivity index (χ2v) is 5.07. The van der Waals surface area contributed by atoms with Crippen molar-refractivity contribution in [1.29, 1.82) is 0 Å². The Labute approximate surface area is 101 Å². The molecule has 0 aliphatic carbocycles. The van der Waals surface area contributed by atoms with Crippen molar-refractivity contribution in [3.8, 4) is 0 Å². The molecule has 0 aromatic rings. The third-order valence-electron chi connectivity index (χ3n) is 2.22. The Balaban J connectivity index is 0.00000196. The summed E-state index contributed by atoms with van der Waals surface area (Å²) in [5, 5.41) is 0.516. The van der Waals surface area contributed by atoms with Crippen molar-refractivity contribution in [2.45, 2.75) is 18.2 Å². The summed E-state index contributed by atoms with van der Waals surface area (Å²) in [6.45, 7) is 4.05. The number of thioether (sulfide) groups is 1. The topological polar surface area (TPSA) is 55.6 Å². The lowest BCUT2D eigenvalue weighted by Gasteiger charge is -2.32. The molecule has 0 aromatic heterocycles. The number of hydrogen-bond acceptors (Lipinski definition) is 4. The van der Waals surface area contributed by atoms with Crippen LogP contribution in [0.5, 0.6) is 0 Å². The average molecular weight is 255 g/mol. The number of ether oxygens (including phenoxy) is 1. The van der Waals surface area contributed by atoms with Crippen molar-refractivity contribution in [2.75, 3.05) is 32.6 Å². The summed E-state index contributed by atoms with van der Waals surface area (Å²) < 4.78 is 4.86. The fourth-order valence-electron chi connectivity index (χ4n) is 1.50. The van der Waals surface area contributed by atoms with Gasteiger partial charge in [0.1, 0.15) is 6.04 Å². The molecule has 1 amide bonds. The first-order valence-corrected chi connectivity index (χ1v) is 5.85. The van der Waals surface area contributed by atoms with Crippen LogP contribution in [0.4, 0.5) is 0 Å². The first kappa shape index (κ1) is 15.0. The van der Waals surface area contributed by atoms with Gasteiger partial charge < -0.3 is 15.4 Å². The third-order valence-corrected chi connectivity index (χ3v) is 3.35. The number of methoxy groups -OCH3 is 1. The third kappa shape index (κ3) is 4.59. The molecule has 1 aliphatic rings. The van der Waals surface area contributed by atoms with Gasteiger partial charge in [0.25, 0.3) is 0 Å². The first-order valence-electron chi connectivity index (χ1n) is 4.80. The van der Waals surface area contributed by atoms with Gasteiger partial charge in [-0.1, -0.05) is 6.92 Å². The fraction of sp³-hybridized carbons (Fsp3) is 0.889. The summed E-state index contributed by atoms with van der Waals surface area (Å²) in [7, 11) is 1.56. The molecular formula is C9H19ClN2O2S. The highest BCUT2D eigenvalue weighted by Gasteiger charge is 2.25. The Morgan fingerprint density at radius 3 is 2.93 bits per heavy atom. The number of carbonyl (C=O) groups excluding carboxylic acids is 1. The van der Waals surface area contributed by atoms with Crippen LogP contribution in [0.15, 0.2) is 0 Å². The lowest BCUT2D eigenvalue weighted by molar-refractivity contribution is -0.133. The van der Waals surface area contributed by atoms with Crippen molar-refractivity contribution in [3.05, 3.63) is 0 Å². The molecule has 2 atom stereocenters. The molecule has 0 saturated carbocycles. The SMILES string of the molecule is COCC(N)C(=O)N1CCSC(C)C1.Cl. The predicted molar refractivity (Wildman–Crippen MR) is 65.6 cm³/mol. The number of hydrogen-bond donors (Lipinski definition) is 1. The number of rotatable bonds is 3. The summed E-state index contributed by atoms with van der Waals surface area (Å²) in [5.41, 5.74) is 5.68. The molecule has 0 aromatic carbocycles. The van der Waals surface area contributed by atoms with Gasteiger partial charge in [-0.05, 0) is 0 Å². The highest BCUT2D eigenvalue weighted by atomic mass is 35.5. The van der Waals surface area contributed by atoms with Crippen molar-refractivity contribution in [1.82, 2.24) is 4.90 Å². The van der Waals surface area contributed by atoms with Gasteiger partial charge in [-0.3, -0.25) is 4.79 Å². The Morgan fingerprint density at radius 2 is 2.40 bits per heavy atom. The van der Waals surface area contributed by atoms with Gasteiger partial charge in [0.2, 0.25) is 5.91 Å². The Kier molecular flexibility index (Phi) is 7.34. The number of carbonyl (C=O) groups is 1. The van der Waals surface area contributed by atoms with E-state index in [0.717, 1.165) is 18.8 Å². The fourth-order valence-corrected chi connectivity index (χ4v) is 2.52. The highest BCUT2D eigenvalue weighted by molar-refractivity contribution is 7.99. The molecule has 1 aliphatic heterocycles. The van der Waals surface area contributed by atoms with E-state index in [9.17, 15) is 4.79 Å². The zero-order chi connectivity index (χ0) is 10.6. The summed E-state index contributed by atoms with van der Waals surface area (Å²) in [4.78, 5) is 13.6. The van der Waals surface area contributed by atoms with Crippen LogP contribution in [-0.2, 0) is 9.53 Å². The molecule has 6 heteroatoms. The van der Waals surface area contributed by atoms with E-state index >= 15 is 0 Å². The van der Waals surface area contributed by atoms with Gasteiger partial charge in [0.05, 0.1) is 6.61 Å². The minimum absolute atomic E-state index is 0. The molecule has 0 bridgehead atoms. The average Bonchev–Trinajstić information content (AvgIpc) is 2.17. The molecule has 90 valence electrons. The molecular weight excluding hydrogens is 236 g/mol. The zero-order valence-electron chi connectivity index (χ0n) is 9.14. The van der Waals surface area contributed by atoms with E-state index < -0.39 is 6.04 Å². The monoisotopic (exact) mass is 254 g/mol. The molecule has 4 nitrogen and oxygen atoms in total. The molecule has 1 rings (SSSR count). The smallest absolute Gasteiger partial charge is 0.241 e. The van der Waals surface area contributed by atoms with E-state index in [0.29, 0.717) is 11.9 Å². The molecule has 0 radical (unpaired) electrons. The van der Waals surface area contributed by atoms with Crippen molar-refractivity contribution >= 4 is 30.1 Å². The van der Waals surface area contributed by atoms with Crippen LogP contribution in [0.2, 0.25) is 0 Å². The molecule has 15 heavy (non-hydrogen) atoms. The van der Waals surface area contributed by atoms with Gasteiger partial charge in [-0.15, -0.1) is 12.4 Å². The Morgan fingerprint density at radius 1 is 1.73 bits per heavy atom. The van der Waals surface area contributed by atoms with E-state index in [2.05, 4.69) is 6.92 Å². The summed E-state index contributed by atoms with van der Waals surface area (Å²) in [6.07, 6.45) is 0. The largest absolute Gasteiger partial charge is 0.383 e. The van der Waals surface area contributed by atoms with Crippen LogP contribution in [0.1, 0.15) is 6.92 Å². The molecule has 1 heterocycles. The minimum atomic E-state index is -0.504. The maximum absolute atomic E-state index is 11.7. The highest BCUT2D eigenvalue weighted by Crippen LogP contribution is 2.17. The van der Waals surface area contributed by atoms with Crippen molar-refractivity contribution in [2.24, 2.45) is 5.73 Å². The zero-order valence-corrected chi connectivity index (χ0v) is 10.8. The molecule has 1 fully saturated rings. The second kappa shape index (κ2) is 7.33. The van der Waals surface area contributed by atoms with Crippen molar-refractivity contribution in [3.63, 3.8) is 0 Å². The van der Waals surface area contributed by atoms with E-state index in [1.54, 1.807) is 7.11 Å². The van der Waals surface area contributed by atoms with Crippen LogP contribution in [-0.4, -0.2) is 54.7 Å². The first-order chi connectivity index (χ1) is 6.65. The quantitative estimate of drug-likeness (QED) is 0.790. The van der Waals surface area contributed by atoms with Crippen LogP contribution < -0.4 is 5.73 Å². The van der Waals surface area contributed by atoms with Gasteiger partial charge in [0.15, 0.2) is 0 Å². The summed E-state index contributed by atoms with van der Waals surface area (Å²) in [6, 6.07) is -0.504. The van der Waals surface area contributed by atoms with Gasteiger partial charge in [0, 0.05) is 31.2 Å². The van der Waals surface area contributed by atoms with Crippen molar-refractivity contribution < 1.29 is 9.53 Å². The predicted octanol–water partition coefficient (Wildman–Crippen LogP) is 0.346. The molecule has 2 unspecified atom stereocenters. The van der Waals surface area contributed by atoms with Crippen LogP contribution in [0.3, 0.4) is 0 Å². The molecule has 0 spiro atoms. The van der Waals surface area contributed by atoms with Gasteiger partial charge >= 0.3 is 0 Å². The normalized spacial score (nSPS) is 23.1. The van der Waals surface area contributed by atoms with E-state index in [1.807, 2.05) is 16.7 Å². The number of amides is 1. The summed E-state index contributed by atoms with van der Waals surface area (Å²) >= 11 is 1.90. The van der Waals surface area contributed by atoms with Crippen LogP contribution in [0.25, 0.3) is 0 Å². The summed E-state index contributed by atoms with van der Waals surface area (Å²) in [5.74, 6) is 1.02. The number of halogens is 1. The Bertz CT molecular complexity index is 207. The number of nitrogens with two attached hydrogens (primary N) is 1. The van der Waals surface area contributed by atoms with Crippen LogP contribution >= 0.6 is 24.2 Å². The molecule has 1 saturated heterocycles. The lowest BCUT2D eigenvalue weighted by Crippen LogP contribution is -2.50. The van der Waals surface area contributed by atoms with E-state index in [1.165, 1.54) is 0 Å². The number of nitrogens with zero attached hydrogens (tertiary/aromatic N) is 1. The minimum Gasteiger partial charge on any atom is -0.383 e. The molecule has 2 N–H and O–H groups in total. The van der Waals surface area contributed by atoms with Crippen LogP contribution in [0, 0.1) is 0 Å². The second-order valence-electron chi connectivity index (χ2n) is 3.53. The van der Waals surface area contributed by atoms with E-state index in [4.69, 9.17) is 10.5 Å².